The molecule has 136 valence electrons. The third-order valence-electron chi connectivity index (χ3n) is 3.90. The Bertz CT molecular complexity index is 1100. The lowest BCUT2D eigenvalue weighted by molar-refractivity contribution is 0.101. The summed E-state index contributed by atoms with van der Waals surface area (Å²) >= 11 is 1.30. The van der Waals surface area contributed by atoms with E-state index in [2.05, 4.69) is 25.8 Å². The molecule has 0 aliphatic carbocycles. The zero-order chi connectivity index (χ0) is 18.8. The van der Waals surface area contributed by atoms with Gasteiger partial charge in [-0.05, 0) is 19.9 Å². The number of anilines is 1. The molecule has 1 amide bonds. The Morgan fingerprint density at radius 3 is 2.93 bits per heavy atom. The number of carbonyl (C=O) groups excluding carboxylic acids is 1. The van der Waals surface area contributed by atoms with E-state index in [-0.39, 0.29) is 5.69 Å². The minimum atomic E-state index is -0.403. The van der Waals surface area contributed by atoms with Gasteiger partial charge in [-0.25, -0.2) is 0 Å². The number of hydrogen-bond donors (Lipinski definition) is 1. The van der Waals surface area contributed by atoms with Crippen LogP contribution in [0.3, 0.4) is 0 Å². The van der Waals surface area contributed by atoms with Crippen LogP contribution < -0.4 is 5.32 Å². The molecule has 3 aromatic heterocycles. The number of nitrogens with one attached hydrogen (secondary N) is 1. The van der Waals surface area contributed by atoms with E-state index in [4.69, 9.17) is 4.52 Å². The summed E-state index contributed by atoms with van der Waals surface area (Å²) in [5.41, 5.74) is 3.03. The SMILES string of the molecule is CCn1cc(-c2cc(C(=O)Nc3nnc(-c4cccc(C)c4)s3)no2)cn1. The number of nitrogens with zero attached hydrogens (tertiary/aromatic N) is 5. The Morgan fingerprint density at radius 2 is 2.15 bits per heavy atom. The van der Waals surface area contributed by atoms with E-state index in [1.807, 2.05) is 44.3 Å². The smallest absolute Gasteiger partial charge is 0.279 e. The maximum Gasteiger partial charge on any atom is 0.279 e. The zero-order valence-electron chi connectivity index (χ0n) is 14.7. The molecule has 0 unspecified atom stereocenters. The fourth-order valence-corrected chi connectivity index (χ4v) is 3.25. The lowest BCUT2D eigenvalue weighted by Crippen LogP contribution is -2.11. The van der Waals surface area contributed by atoms with Gasteiger partial charge in [-0.3, -0.25) is 14.8 Å². The molecule has 0 aliphatic rings. The second-order valence-electron chi connectivity index (χ2n) is 5.90. The largest absolute Gasteiger partial charge is 0.355 e. The highest BCUT2D eigenvalue weighted by atomic mass is 32.1. The Hall–Kier alpha value is -3.33. The summed E-state index contributed by atoms with van der Waals surface area (Å²) in [6, 6.07) is 9.53. The Kier molecular flexibility index (Phi) is 4.51. The standard InChI is InChI=1S/C18H16N6O2S/c1-3-24-10-13(9-19-24)15-8-14(23-26-15)16(25)20-18-22-21-17(27-18)12-6-4-5-11(2)7-12/h4-10H,3H2,1-2H3,(H,20,22,25). The molecule has 27 heavy (non-hydrogen) atoms. The quantitative estimate of drug-likeness (QED) is 0.567. The summed E-state index contributed by atoms with van der Waals surface area (Å²) in [5, 5.41) is 20.0. The molecule has 1 N–H and O–H groups in total. The number of carbonyl (C=O) groups is 1. The predicted octanol–water partition coefficient (Wildman–Crippen LogP) is 3.64. The average molecular weight is 380 g/mol. The minimum Gasteiger partial charge on any atom is -0.355 e. The monoisotopic (exact) mass is 380 g/mol. The van der Waals surface area contributed by atoms with Crippen LogP contribution in [0.1, 0.15) is 23.0 Å². The van der Waals surface area contributed by atoms with Crippen molar-refractivity contribution in [2.45, 2.75) is 20.4 Å². The van der Waals surface area contributed by atoms with Crippen LogP contribution in [0.25, 0.3) is 21.9 Å². The van der Waals surface area contributed by atoms with Crippen molar-refractivity contribution < 1.29 is 9.32 Å². The first kappa shape index (κ1) is 17.1. The van der Waals surface area contributed by atoms with Crippen molar-refractivity contribution in [1.82, 2.24) is 25.1 Å². The molecule has 0 fully saturated rings. The van der Waals surface area contributed by atoms with Gasteiger partial charge >= 0.3 is 0 Å². The van der Waals surface area contributed by atoms with Gasteiger partial charge in [0.15, 0.2) is 11.5 Å². The summed E-state index contributed by atoms with van der Waals surface area (Å²) in [7, 11) is 0. The molecule has 4 aromatic rings. The van der Waals surface area contributed by atoms with Crippen LogP contribution >= 0.6 is 11.3 Å². The third-order valence-corrected chi connectivity index (χ3v) is 4.78. The van der Waals surface area contributed by atoms with Gasteiger partial charge in [0.2, 0.25) is 5.13 Å². The first-order valence-electron chi connectivity index (χ1n) is 8.34. The zero-order valence-corrected chi connectivity index (χ0v) is 15.5. The topological polar surface area (TPSA) is 98.7 Å². The number of amides is 1. The van der Waals surface area contributed by atoms with E-state index >= 15 is 0 Å². The van der Waals surface area contributed by atoms with Gasteiger partial charge < -0.3 is 4.52 Å². The average Bonchev–Trinajstić information content (AvgIpc) is 3.41. The van der Waals surface area contributed by atoms with Gasteiger partial charge in [0.25, 0.3) is 5.91 Å². The molecular weight excluding hydrogens is 364 g/mol. The van der Waals surface area contributed by atoms with Crippen molar-refractivity contribution in [3.63, 3.8) is 0 Å². The lowest BCUT2D eigenvalue weighted by atomic mass is 10.1. The van der Waals surface area contributed by atoms with Crippen LogP contribution in [0.4, 0.5) is 5.13 Å². The van der Waals surface area contributed by atoms with E-state index in [0.29, 0.717) is 10.9 Å². The maximum atomic E-state index is 12.4. The van der Waals surface area contributed by atoms with Gasteiger partial charge in [-0.15, -0.1) is 10.2 Å². The third kappa shape index (κ3) is 3.63. The molecule has 3 heterocycles. The van der Waals surface area contributed by atoms with Gasteiger partial charge in [-0.1, -0.05) is 40.3 Å². The van der Waals surface area contributed by atoms with E-state index in [0.717, 1.165) is 28.2 Å². The maximum absolute atomic E-state index is 12.4. The molecule has 9 heteroatoms. The molecule has 0 bridgehead atoms. The first-order chi connectivity index (χ1) is 13.1. The molecule has 8 nitrogen and oxygen atoms in total. The van der Waals surface area contributed by atoms with Crippen LogP contribution in [0.15, 0.2) is 47.2 Å². The van der Waals surface area contributed by atoms with Gasteiger partial charge in [0.05, 0.1) is 11.8 Å². The van der Waals surface area contributed by atoms with Crippen molar-refractivity contribution in [2.24, 2.45) is 0 Å². The second kappa shape index (κ2) is 7.12. The Labute approximate surface area is 158 Å². The first-order valence-corrected chi connectivity index (χ1v) is 9.15. The fourth-order valence-electron chi connectivity index (χ4n) is 2.51. The fraction of sp³-hybridized carbons (Fsp3) is 0.167. The molecule has 1 aromatic carbocycles. The van der Waals surface area contributed by atoms with Crippen LogP contribution in [0.5, 0.6) is 0 Å². The summed E-state index contributed by atoms with van der Waals surface area (Å²) in [4.78, 5) is 12.4. The summed E-state index contributed by atoms with van der Waals surface area (Å²) in [6.07, 6.45) is 3.51. The molecule has 0 saturated heterocycles. The number of hydrogen-bond acceptors (Lipinski definition) is 7. The van der Waals surface area contributed by atoms with Crippen molar-refractivity contribution >= 4 is 22.4 Å². The van der Waals surface area contributed by atoms with Crippen LogP contribution in [0.2, 0.25) is 0 Å². The number of benzene rings is 1. The highest BCUT2D eigenvalue weighted by Crippen LogP contribution is 2.27. The number of aromatic nitrogens is 5. The Morgan fingerprint density at radius 1 is 1.26 bits per heavy atom. The molecule has 0 spiro atoms. The van der Waals surface area contributed by atoms with Crippen LogP contribution in [0, 0.1) is 6.92 Å². The summed E-state index contributed by atoms with van der Waals surface area (Å²) < 4.78 is 7.03. The Balaban J connectivity index is 1.48. The number of rotatable bonds is 5. The van der Waals surface area contributed by atoms with Crippen molar-refractivity contribution in [3.05, 3.63) is 54.0 Å². The molecule has 0 aliphatic heterocycles. The highest BCUT2D eigenvalue weighted by Gasteiger charge is 2.17. The second-order valence-corrected chi connectivity index (χ2v) is 6.87. The number of aryl methyl sites for hydroxylation is 2. The van der Waals surface area contributed by atoms with Crippen LogP contribution in [-0.4, -0.2) is 31.0 Å². The molecule has 0 radical (unpaired) electrons. The van der Waals surface area contributed by atoms with Crippen molar-refractivity contribution in [2.75, 3.05) is 5.32 Å². The van der Waals surface area contributed by atoms with E-state index in [1.54, 1.807) is 16.9 Å². The van der Waals surface area contributed by atoms with Gasteiger partial charge in [-0.2, -0.15) is 5.10 Å². The van der Waals surface area contributed by atoms with Crippen LogP contribution in [-0.2, 0) is 6.54 Å². The van der Waals surface area contributed by atoms with Gasteiger partial charge in [0.1, 0.15) is 5.01 Å². The summed E-state index contributed by atoms with van der Waals surface area (Å²) in [5.74, 6) is 0.0809. The van der Waals surface area contributed by atoms with Crippen molar-refractivity contribution in [3.8, 4) is 21.9 Å². The van der Waals surface area contributed by atoms with Gasteiger partial charge in [0, 0.05) is 24.4 Å². The molecule has 4 rings (SSSR count). The summed E-state index contributed by atoms with van der Waals surface area (Å²) in [6.45, 7) is 4.75. The van der Waals surface area contributed by atoms with E-state index in [9.17, 15) is 4.79 Å². The van der Waals surface area contributed by atoms with E-state index in [1.165, 1.54) is 11.3 Å². The minimum absolute atomic E-state index is 0.168. The lowest BCUT2D eigenvalue weighted by Gasteiger charge is -1.97. The van der Waals surface area contributed by atoms with Crippen molar-refractivity contribution in [1.29, 1.82) is 0 Å². The molecule has 0 saturated carbocycles. The predicted molar refractivity (Wildman–Crippen MR) is 101 cm³/mol. The molecular formula is C18H16N6O2S. The highest BCUT2D eigenvalue weighted by molar-refractivity contribution is 7.18. The normalized spacial score (nSPS) is 10.9. The van der Waals surface area contributed by atoms with E-state index < -0.39 is 5.91 Å². The molecule has 0 atom stereocenters.